The molecule has 0 bridgehead atoms. The van der Waals surface area contributed by atoms with E-state index >= 15 is 0 Å². The Balaban J connectivity index is 2.07. The van der Waals surface area contributed by atoms with Crippen molar-refractivity contribution >= 4 is 9.84 Å². The minimum absolute atomic E-state index is 0.0313. The Kier molecular flexibility index (Phi) is 3.77. The Labute approximate surface area is 108 Å². The van der Waals surface area contributed by atoms with Crippen LogP contribution in [0.3, 0.4) is 0 Å². The molecule has 18 heavy (non-hydrogen) atoms. The Morgan fingerprint density at radius 3 is 3.00 bits per heavy atom. The molecule has 2 rings (SSSR count). The fraction of sp³-hybridized carbons (Fsp3) is 0.750. The van der Waals surface area contributed by atoms with Crippen LogP contribution in [0.4, 0.5) is 0 Å². The van der Waals surface area contributed by atoms with Gasteiger partial charge in [-0.3, -0.25) is 4.68 Å². The second kappa shape index (κ2) is 5.01. The van der Waals surface area contributed by atoms with Gasteiger partial charge in [-0.2, -0.15) is 5.10 Å². The summed E-state index contributed by atoms with van der Waals surface area (Å²) in [5.74, 6) is 0.180. The van der Waals surface area contributed by atoms with Crippen molar-refractivity contribution in [3.05, 3.63) is 17.5 Å². The van der Waals surface area contributed by atoms with Gasteiger partial charge in [-0.25, -0.2) is 8.42 Å². The average Bonchev–Trinajstić information content (AvgIpc) is 2.59. The molecule has 1 aliphatic rings. The van der Waals surface area contributed by atoms with E-state index < -0.39 is 9.84 Å². The number of aryl methyl sites for hydroxylation is 1. The van der Waals surface area contributed by atoms with Crippen LogP contribution in [0.2, 0.25) is 0 Å². The highest BCUT2D eigenvalue weighted by molar-refractivity contribution is 7.90. The molecule has 0 saturated carbocycles. The van der Waals surface area contributed by atoms with E-state index in [0.717, 1.165) is 19.3 Å². The molecule has 0 spiro atoms. The van der Waals surface area contributed by atoms with E-state index in [4.69, 9.17) is 0 Å². The molecule has 6 heteroatoms. The lowest BCUT2D eigenvalue weighted by molar-refractivity contribution is 0.418. The summed E-state index contributed by atoms with van der Waals surface area (Å²) in [7, 11) is -0.970. The molecule has 5 nitrogen and oxygen atoms in total. The van der Waals surface area contributed by atoms with Gasteiger partial charge in [-0.1, -0.05) is 0 Å². The molecular weight excluding hydrogens is 250 g/mol. The van der Waals surface area contributed by atoms with Crippen LogP contribution in [0.25, 0.3) is 0 Å². The molecule has 2 atom stereocenters. The molecule has 0 saturated heterocycles. The lowest BCUT2D eigenvalue weighted by atomic mass is 9.92. The number of rotatable bonds is 4. The Morgan fingerprint density at radius 1 is 1.61 bits per heavy atom. The first-order valence-corrected chi connectivity index (χ1v) is 8.37. The average molecular weight is 271 g/mol. The molecular formula is C12H21N3O2S. The van der Waals surface area contributed by atoms with Crippen molar-refractivity contribution in [2.75, 3.05) is 12.0 Å². The molecule has 0 aliphatic heterocycles. The van der Waals surface area contributed by atoms with Crippen LogP contribution in [-0.2, 0) is 23.3 Å². The van der Waals surface area contributed by atoms with Gasteiger partial charge in [0.1, 0.15) is 9.84 Å². The normalized spacial score (nSPS) is 21.6. The van der Waals surface area contributed by atoms with Gasteiger partial charge in [0.2, 0.25) is 0 Å². The zero-order chi connectivity index (χ0) is 13.3. The SMILES string of the molecule is CC(CS(C)(=O)=O)NC1CCCc2c1cnn2C. The van der Waals surface area contributed by atoms with Crippen molar-refractivity contribution < 1.29 is 8.42 Å². The molecule has 102 valence electrons. The predicted octanol–water partition coefficient (Wildman–Crippen LogP) is 0.820. The maximum Gasteiger partial charge on any atom is 0.148 e. The quantitative estimate of drug-likeness (QED) is 0.880. The largest absolute Gasteiger partial charge is 0.306 e. The summed E-state index contributed by atoms with van der Waals surface area (Å²) in [6.07, 6.45) is 6.41. The number of aromatic nitrogens is 2. The number of sulfone groups is 1. The summed E-state index contributed by atoms with van der Waals surface area (Å²) in [5.41, 5.74) is 2.49. The van der Waals surface area contributed by atoms with Crippen molar-refractivity contribution in [2.24, 2.45) is 7.05 Å². The summed E-state index contributed by atoms with van der Waals surface area (Å²) in [4.78, 5) is 0. The highest BCUT2D eigenvalue weighted by atomic mass is 32.2. The standard InChI is InChI=1S/C12H21N3O2S/c1-9(8-18(3,16)17)14-11-5-4-6-12-10(11)7-13-15(12)2/h7,9,11,14H,4-6,8H2,1-3H3. The highest BCUT2D eigenvalue weighted by Crippen LogP contribution is 2.29. The van der Waals surface area contributed by atoms with E-state index in [9.17, 15) is 8.42 Å². The monoisotopic (exact) mass is 271 g/mol. The van der Waals surface area contributed by atoms with Gasteiger partial charge in [0.25, 0.3) is 0 Å². The topological polar surface area (TPSA) is 64.0 Å². The minimum atomic E-state index is -2.93. The highest BCUT2D eigenvalue weighted by Gasteiger charge is 2.25. The second-order valence-electron chi connectivity index (χ2n) is 5.28. The van der Waals surface area contributed by atoms with Crippen LogP contribution in [-0.4, -0.2) is 36.2 Å². The van der Waals surface area contributed by atoms with E-state index in [1.54, 1.807) is 0 Å². The molecule has 1 heterocycles. The Bertz CT molecular complexity index is 521. The van der Waals surface area contributed by atoms with Crippen molar-refractivity contribution in [1.29, 1.82) is 0 Å². The predicted molar refractivity (Wildman–Crippen MR) is 71.2 cm³/mol. The van der Waals surface area contributed by atoms with Crippen LogP contribution >= 0.6 is 0 Å². The fourth-order valence-electron chi connectivity index (χ4n) is 2.72. The van der Waals surface area contributed by atoms with Gasteiger partial charge in [-0.05, 0) is 26.2 Å². The Hall–Kier alpha value is -0.880. The van der Waals surface area contributed by atoms with E-state index in [1.807, 2.05) is 24.9 Å². The second-order valence-corrected chi connectivity index (χ2v) is 7.46. The fourth-order valence-corrected chi connectivity index (χ4v) is 3.73. The van der Waals surface area contributed by atoms with Crippen LogP contribution in [0, 0.1) is 0 Å². The molecule has 0 amide bonds. The third-order valence-corrected chi connectivity index (χ3v) is 4.52. The first-order valence-electron chi connectivity index (χ1n) is 6.31. The van der Waals surface area contributed by atoms with Crippen LogP contribution in [0.5, 0.6) is 0 Å². The van der Waals surface area contributed by atoms with E-state index in [1.165, 1.54) is 17.5 Å². The van der Waals surface area contributed by atoms with Gasteiger partial charge in [0.05, 0.1) is 11.9 Å². The smallest absolute Gasteiger partial charge is 0.148 e. The lowest BCUT2D eigenvalue weighted by Crippen LogP contribution is -2.37. The van der Waals surface area contributed by atoms with Gasteiger partial charge >= 0.3 is 0 Å². The number of nitrogens with one attached hydrogen (secondary N) is 1. The number of nitrogens with zero attached hydrogens (tertiary/aromatic N) is 2. The third-order valence-electron chi connectivity index (χ3n) is 3.41. The van der Waals surface area contributed by atoms with Crippen molar-refractivity contribution in [3.63, 3.8) is 0 Å². The zero-order valence-electron chi connectivity index (χ0n) is 11.2. The van der Waals surface area contributed by atoms with Crippen LogP contribution in [0.1, 0.15) is 37.1 Å². The van der Waals surface area contributed by atoms with Gasteiger partial charge in [0.15, 0.2) is 0 Å². The summed E-state index contributed by atoms with van der Waals surface area (Å²) in [6, 6.07) is 0.204. The number of hydrogen-bond acceptors (Lipinski definition) is 4. The molecule has 1 aliphatic carbocycles. The Morgan fingerprint density at radius 2 is 2.33 bits per heavy atom. The molecule has 1 N–H and O–H groups in total. The lowest BCUT2D eigenvalue weighted by Gasteiger charge is -2.26. The third kappa shape index (κ3) is 3.11. The van der Waals surface area contributed by atoms with Crippen molar-refractivity contribution in [2.45, 2.75) is 38.3 Å². The molecule has 1 aromatic rings. The number of fused-ring (bicyclic) bond motifs is 1. The van der Waals surface area contributed by atoms with E-state index in [2.05, 4.69) is 10.4 Å². The first-order chi connectivity index (χ1) is 8.37. The molecule has 0 aromatic carbocycles. The maximum atomic E-state index is 11.3. The minimum Gasteiger partial charge on any atom is -0.306 e. The molecule has 0 radical (unpaired) electrons. The van der Waals surface area contributed by atoms with Crippen LogP contribution < -0.4 is 5.32 Å². The molecule has 0 fully saturated rings. The van der Waals surface area contributed by atoms with Crippen molar-refractivity contribution in [1.82, 2.24) is 15.1 Å². The van der Waals surface area contributed by atoms with Gasteiger partial charge < -0.3 is 5.32 Å². The van der Waals surface area contributed by atoms with Crippen LogP contribution in [0.15, 0.2) is 6.20 Å². The summed E-state index contributed by atoms with van der Waals surface area (Å²) in [5, 5.41) is 7.70. The van der Waals surface area contributed by atoms with Gasteiger partial charge in [0, 0.05) is 36.6 Å². The van der Waals surface area contributed by atoms with E-state index in [-0.39, 0.29) is 17.8 Å². The first kappa shape index (κ1) is 13.5. The van der Waals surface area contributed by atoms with Gasteiger partial charge in [-0.15, -0.1) is 0 Å². The summed E-state index contributed by atoms with van der Waals surface area (Å²) in [6.45, 7) is 1.92. The molecule has 1 aromatic heterocycles. The van der Waals surface area contributed by atoms with Crippen molar-refractivity contribution in [3.8, 4) is 0 Å². The summed E-state index contributed by atoms with van der Waals surface area (Å²) >= 11 is 0. The number of hydrogen-bond donors (Lipinski definition) is 1. The maximum absolute atomic E-state index is 11.3. The molecule has 2 unspecified atom stereocenters. The summed E-state index contributed by atoms with van der Waals surface area (Å²) < 4.78 is 24.5. The van der Waals surface area contributed by atoms with E-state index in [0.29, 0.717) is 0 Å². The zero-order valence-corrected chi connectivity index (χ0v) is 12.0.